The smallest absolute Gasteiger partial charge is 0.269 e. The van der Waals surface area contributed by atoms with E-state index in [1.807, 2.05) is 0 Å². The number of ether oxygens (including phenoxy) is 5. The number of hydrogen-bond acceptors (Lipinski definition) is 8. The molecule has 0 unspecified atom stereocenters. The summed E-state index contributed by atoms with van der Waals surface area (Å²) in [5.74, 6) is 0.217. The van der Waals surface area contributed by atoms with E-state index < -0.39 is 17.7 Å². The zero-order chi connectivity index (χ0) is 24.2. The van der Waals surface area contributed by atoms with E-state index in [9.17, 15) is 14.4 Å². The number of rotatable bonds is 6. The summed E-state index contributed by atoms with van der Waals surface area (Å²) >= 11 is 0. The van der Waals surface area contributed by atoms with E-state index in [0.29, 0.717) is 47.6 Å². The summed E-state index contributed by atoms with van der Waals surface area (Å²) in [7, 11) is 4.33. The van der Waals surface area contributed by atoms with Crippen LogP contribution in [0.25, 0.3) is 0 Å². The van der Waals surface area contributed by atoms with Crippen molar-refractivity contribution in [1.82, 2.24) is 10.9 Å². The summed E-state index contributed by atoms with van der Waals surface area (Å²) in [5, 5.41) is 0. The zero-order valence-corrected chi connectivity index (χ0v) is 19.0. The standard InChI is InChI=1S/C23H25N3O8/c1-30-18-8-13(9-19(31-2)21(18)32-3)22(28)24-25-23(29)14-10-20(27)26(12-14)15-4-5-16-17(11-15)34-7-6-33-16/h4-5,8-9,11,14H,6-7,10,12H2,1-3H3,(H,24,28)(H,25,29)/t14-/m0/s1. The second kappa shape index (κ2) is 9.77. The lowest BCUT2D eigenvalue weighted by Gasteiger charge is -2.22. The Morgan fingerprint density at radius 3 is 2.26 bits per heavy atom. The Balaban J connectivity index is 1.39. The highest BCUT2D eigenvalue weighted by atomic mass is 16.6. The molecule has 1 fully saturated rings. The first-order chi connectivity index (χ1) is 16.4. The normalized spacial score (nSPS) is 16.6. The van der Waals surface area contributed by atoms with Crippen LogP contribution in [0.4, 0.5) is 5.69 Å². The number of nitrogens with one attached hydrogen (secondary N) is 2. The van der Waals surface area contributed by atoms with Gasteiger partial charge in [-0.2, -0.15) is 0 Å². The minimum absolute atomic E-state index is 0.0142. The highest BCUT2D eigenvalue weighted by molar-refractivity contribution is 6.01. The molecule has 1 saturated heterocycles. The molecule has 2 aromatic carbocycles. The molecule has 4 rings (SSSR count). The van der Waals surface area contributed by atoms with Crippen LogP contribution in [0.15, 0.2) is 30.3 Å². The highest BCUT2D eigenvalue weighted by Crippen LogP contribution is 2.38. The maximum atomic E-state index is 12.7. The monoisotopic (exact) mass is 471 g/mol. The van der Waals surface area contributed by atoms with Gasteiger partial charge in [0, 0.05) is 30.3 Å². The van der Waals surface area contributed by atoms with Crippen molar-refractivity contribution in [3.63, 3.8) is 0 Å². The third-order valence-corrected chi connectivity index (χ3v) is 5.56. The number of fused-ring (bicyclic) bond motifs is 1. The van der Waals surface area contributed by atoms with Crippen LogP contribution in [0.5, 0.6) is 28.7 Å². The van der Waals surface area contributed by atoms with Crippen LogP contribution in [0.3, 0.4) is 0 Å². The number of anilines is 1. The molecule has 11 nitrogen and oxygen atoms in total. The van der Waals surface area contributed by atoms with Crippen molar-refractivity contribution < 1.29 is 38.1 Å². The summed E-state index contributed by atoms with van der Waals surface area (Å²) in [5.41, 5.74) is 5.57. The van der Waals surface area contributed by atoms with E-state index in [1.165, 1.54) is 38.4 Å². The van der Waals surface area contributed by atoms with E-state index in [4.69, 9.17) is 23.7 Å². The molecular weight excluding hydrogens is 446 g/mol. The van der Waals surface area contributed by atoms with Gasteiger partial charge < -0.3 is 28.6 Å². The summed E-state index contributed by atoms with van der Waals surface area (Å²) in [6, 6.07) is 8.13. The molecule has 0 saturated carbocycles. The Morgan fingerprint density at radius 1 is 0.941 bits per heavy atom. The molecule has 2 N–H and O–H groups in total. The lowest BCUT2D eigenvalue weighted by Crippen LogP contribution is -2.45. The summed E-state index contributed by atoms with van der Waals surface area (Å²) in [4.78, 5) is 39.4. The predicted molar refractivity (Wildman–Crippen MR) is 120 cm³/mol. The molecule has 3 amide bonds. The molecule has 180 valence electrons. The Morgan fingerprint density at radius 2 is 1.62 bits per heavy atom. The van der Waals surface area contributed by atoms with Gasteiger partial charge in [0.05, 0.1) is 27.2 Å². The van der Waals surface area contributed by atoms with Crippen molar-refractivity contribution in [2.75, 3.05) is 46.0 Å². The van der Waals surface area contributed by atoms with Crippen LogP contribution in [-0.4, -0.2) is 58.8 Å². The SMILES string of the molecule is COc1cc(C(=O)NNC(=O)[C@H]2CC(=O)N(c3ccc4c(c3)OCCO4)C2)cc(OC)c1OC. The topological polar surface area (TPSA) is 125 Å². The second-order valence-electron chi connectivity index (χ2n) is 7.59. The number of amides is 3. The molecule has 0 spiro atoms. The molecule has 2 heterocycles. The van der Waals surface area contributed by atoms with Crippen LogP contribution in [0.2, 0.25) is 0 Å². The van der Waals surface area contributed by atoms with Gasteiger partial charge in [-0.25, -0.2) is 0 Å². The van der Waals surface area contributed by atoms with Crippen LogP contribution in [0, 0.1) is 5.92 Å². The average Bonchev–Trinajstić information content (AvgIpc) is 3.27. The summed E-state index contributed by atoms with van der Waals surface area (Å²) in [6.45, 7) is 1.07. The van der Waals surface area contributed by atoms with Gasteiger partial charge in [-0.05, 0) is 24.3 Å². The Hall–Kier alpha value is -4.15. The molecule has 0 bridgehead atoms. The number of carbonyl (C=O) groups is 3. The molecule has 0 aliphatic carbocycles. The van der Waals surface area contributed by atoms with Crippen molar-refractivity contribution in [3.8, 4) is 28.7 Å². The van der Waals surface area contributed by atoms with E-state index in [-0.39, 0.29) is 24.4 Å². The van der Waals surface area contributed by atoms with Crippen molar-refractivity contribution >= 4 is 23.4 Å². The van der Waals surface area contributed by atoms with Gasteiger partial charge >= 0.3 is 0 Å². The number of hydrazine groups is 1. The fourth-order valence-corrected chi connectivity index (χ4v) is 3.84. The first kappa shape index (κ1) is 23.0. The van der Waals surface area contributed by atoms with Gasteiger partial charge in [-0.3, -0.25) is 25.2 Å². The van der Waals surface area contributed by atoms with Crippen molar-refractivity contribution in [3.05, 3.63) is 35.9 Å². The molecule has 2 aliphatic rings. The molecule has 0 aromatic heterocycles. The van der Waals surface area contributed by atoms with E-state index in [1.54, 1.807) is 18.2 Å². The molecule has 0 radical (unpaired) electrons. The second-order valence-corrected chi connectivity index (χ2v) is 7.59. The average molecular weight is 471 g/mol. The highest BCUT2D eigenvalue weighted by Gasteiger charge is 2.36. The minimum Gasteiger partial charge on any atom is -0.493 e. The number of benzene rings is 2. The fourth-order valence-electron chi connectivity index (χ4n) is 3.84. The van der Waals surface area contributed by atoms with Crippen molar-refractivity contribution in [2.24, 2.45) is 5.92 Å². The van der Waals surface area contributed by atoms with Crippen molar-refractivity contribution in [1.29, 1.82) is 0 Å². The first-order valence-electron chi connectivity index (χ1n) is 10.5. The predicted octanol–water partition coefficient (Wildman–Crippen LogP) is 1.30. The zero-order valence-electron chi connectivity index (χ0n) is 19.0. The van der Waals surface area contributed by atoms with Gasteiger partial charge in [0.1, 0.15) is 13.2 Å². The van der Waals surface area contributed by atoms with Gasteiger partial charge in [-0.1, -0.05) is 0 Å². The number of hydrogen-bond donors (Lipinski definition) is 2. The number of carbonyl (C=O) groups excluding carboxylic acids is 3. The largest absolute Gasteiger partial charge is 0.493 e. The minimum atomic E-state index is -0.638. The van der Waals surface area contributed by atoms with Crippen LogP contribution in [0.1, 0.15) is 16.8 Å². The molecule has 2 aromatic rings. The van der Waals surface area contributed by atoms with Gasteiger partial charge in [0.15, 0.2) is 23.0 Å². The molecular formula is C23H25N3O8. The third kappa shape index (κ3) is 4.49. The molecule has 34 heavy (non-hydrogen) atoms. The first-order valence-corrected chi connectivity index (χ1v) is 10.5. The summed E-state index contributed by atoms with van der Waals surface area (Å²) in [6.07, 6.45) is 0.0142. The van der Waals surface area contributed by atoms with E-state index in [0.717, 1.165) is 0 Å². The summed E-state index contributed by atoms with van der Waals surface area (Å²) < 4.78 is 26.8. The van der Waals surface area contributed by atoms with Crippen LogP contribution >= 0.6 is 0 Å². The lowest BCUT2D eigenvalue weighted by atomic mass is 10.1. The van der Waals surface area contributed by atoms with E-state index >= 15 is 0 Å². The lowest BCUT2D eigenvalue weighted by molar-refractivity contribution is -0.126. The number of methoxy groups -OCH3 is 3. The fraction of sp³-hybridized carbons (Fsp3) is 0.348. The molecule has 11 heteroatoms. The number of nitrogens with zero attached hydrogens (tertiary/aromatic N) is 1. The molecule has 2 aliphatic heterocycles. The van der Waals surface area contributed by atoms with Crippen molar-refractivity contribution in [2.45, 2.75) is 6.42 Å². The quantitative estimate of drug-likeness (QED) is 0.604. The van der Waals surface area contributed by atoms with Gasteiger partial charge in [-0.15, -0.1) is 0 Å². The van der Waals surface area contributed by atoms with Crippen LogP contribution < -0.4 is 39.4 Å². The Kier molecular flexibility index (Phi) is 6.62. The van der Waals surface area contributed by atoms with Gasteiger partial charge in [0.25, 0.3) is 5.91 Å². The Labute approximate surface area is 195 Å². The molecule has 1 atom stereocenters. The van der Waals surface area contributed by atoms with Gasteiger partial charge in [0.2, 0.25) is 17.6 Å². The van der Waals surface area contributed by atoms with E-state index in [2.05, 4.69) is 10.9 Å². The van der Waals surface area contributed by atoms with Crippen LogP contribution in [-0.2, 0) is 9.59 Å². The maximum absolute atomic E-state index is 12.7. The third-order valence-electron chi connectivity index (χ3n) is 5.56. The Bertz CT molecular complexity index is 1090. The maximum Gasteiger partial charge on any atom is 0.269 e.